The van der Waals surface area contributed by atoms with Crippen LogP contribution >= 0.6 is 0 Å². The second kappa shape index (κ2) is 3.53. The zero-order valence-corrected chi connectivity index (χ0v) is 8.75. The smallest absolute Gasteiger partial charge is 0.228 e. The number of hydrogen-bond donors (Lipinski definition) is 1. The minimum Gasteiger partial charge on any atom is -0.378 e. The van der Waals surface area contributed by atoms with Crippen molar-refractivity contribution >= 4 is 17.3 Å². The Morgan fingerprint density at radius 3 is 3.00 bits per heavy atom. The first kappa shape index (κ1) is 9.96. The third-order valence-electron chi connectivity index (χ3n) is 2.60. The standard InChI is InChI=1S/C11H13FN2O/c1-7-6-10(15)14(2)9-5-3-4-8(12)11(9)13-7/h3-5,7,13H,6H2,1-2H3. The molecule has 0 saturated heterocycles. The van der Waals surface area contributed by atoms with Gasteiger partial charge in [-0.05, 0) is 19.1 Å². The molecule has 15 heavy (non-hydrogen) atoms. The molecule has 0 aliphatic carbocycles. The first-order valence-electron chi connectivity index (χ1n) is 4.91. The number of halogens is 1. The van der Waals surface area contributed by atoms with Gasteiger partial charge in [-0.2, -0.15) is 0 Å². The van der Waals surface area contributed by atoms with E-state index in [-0.39, 0.29) is 17.8 Å². The second-order valence-corrected chi connectivity index (χ2v) is 3.84. The van der Waals surface area contributed by atoms with E-state index in [9.17, 15) is 9.18 Å². The largest absolute Gasteiger partial charge is 0.378 e. The third kappa shape index (κ3) is 1.67. The number of para-hydroxylation sites is 1. The van der Waals surface area contributed by atoms with Crippen molar-refractivity contribution in [2.45, 2.75) is 19.4 Å². The molecule has 1 aliphatic heterocycles. The predicted octanol–water partition coefficient (Wildman–Crippen LogP) is 1.99. The number of nitrogens with zero attached hydrogens (tertiary/aromatic N) is 1. The molecule has 1 heterocycles. The lowest BCUT2D eigenvalue weighted by Gasteiger charge is -2.16. The van der Waals surface area contributed by atoms with Crippen LogP contribution in [0.25, 0.3) is 0 Å². The zero-order valence-electron chi connectivity index (χ0n) is 8.75. The van der Waals surface area contributed by atoms with Crippen LogP contribution in [0.2, 0.25) is 0 Å². The van der Waals surface area contributed by atoms with Gasteiger partial charge >= 0.3 is 0 Å². The van der Waals surface area contributed by atoms with Crippen LogP contribution < -0.4 is 10.2 Å². The van der Waals surface area contributed by atoms with Crippen molar-refractivity contribution in [3.63, 3.8) is 0 Å². The maximum absolute atomic E-state index is 13.5. The number of carbonyl (C=O) groups excluding carboxylic acids is 1. The molecular formula is C11H13FN2O. The van der Waals surface area contributed by atoms with Gasteiger partial charge in [0.25, 0.3) is 0 Å². The first-order chi connectivity index (χ1) is 7.09. The van der Waals surface area contributed by atoms with E-state index in [0.717, 1.165) is 0 Å². The molecule has 1 atom stereocenters. The molecular weight excluding hydrogens is 195 g/mol. The maximum Gasteiger partial charge on any atom is 0.228 e. The van der Waals surface area contributed by atoms with E-state index in [1.807, 2.05) is 6.92 Å². The van der Waals surface area contributed by atoms with Crippen LogP contribution in [-0.4, -0.2) is 19.0 Å². The lowest BCUT2D eigenvalue weighted by atomic mass is 10.2. The zero-order chi connectivity index (χ0) is 11.0. The fraction of sp³-hybridized carbons (Fsp3) is 0.364. The van der Waals surface area contributed by atoms with E-state index >= 15 is 0 Å². The summed E-state index contributed by atoms with van der Waals surface area (Å²) in [5.74, 6) is -0.319. The number of amides is 1. The molecule has 1 unspecified atom stereocenters. The molecule has 1 aromatic carbocycles. The van der Waals surface area contributed by atoms with Crippen LogP contribution in [0.5, 0.6) is 0 Å². The van der Waals surface area contributed by atoms with Crippen LogP contribution in [0.15, 0.2) is 18.2 Å². The van der Waals surface area contributed by atoms with Gasteiger partial charge in [-0.15, -0.1) is 0 Å². The van der Waals surface area contributed by atoms with Crippen LogP contribution in [0, 0.1) is 5.82 Å². The highest BCUT2D eigenvalue weighted by atomic mass is 19.1. The van der Waals surface area contributed by atoms with Gasteiger partial charge in [0, 0.05) is 19.5 Å². The average molecular weight is 208 g/mol. The highest BCUT2D eigenvalue weighted by Gasteiger charge is 2.24. The molecule has 3 nitrogen and oxygen atoms in total. The van der Waals surface area contributed by atoms with E-state index in [4.69, 9.17) is 0 Å². The fourth-order valence-corrected chi connectivity index (χ4v) is 1.77. The summed E-state index contributed by atoms with van der Waals surface area (Å²) in [6.45, 7) is 1.87. The van der Waals surface area contributed by atoms with Gasteiger partial charge < -0.3 is 10.2 Å². The minimum absolute atomic E-state index is 0.000602. The summed E-state index contributed by atoms with van der Waals surface area (Å²) >= 11 is 0. The number of hydrogen-bond acceptors (Lipinski definition) is 2. The molecule has 0 spiro atoms. The molecule has 80 valence electrons. The van der Waals surface area contributed by atoms with E-state index in [1.54, 1.807) is 19.2 Å². The number of anilines is 2. The van der Waals surface area contributed by atoms with E-state index in [1.165, 1.54) is 11.0 Å². The number of nitrogens with one attached hydrogen (secondary N) is 1. The summed E-state index contributed by atoms with van der Waals surface area (Å²) in [7, 11) is 1.67. The highest BCUT2D eigenvalue weighted by Crippen LogP contribution is 2.31. The minimum atomic E-state index is -0.319. The van der Waals surface area contributed by atoms with Crippen LogP contribution in [0.3, 0.4) is 0 Å². The van der Waals surface area contributed by atoms with Gasteiger partial charge in [0.1, 0.15) is 5.82 Å². The van der Waals surface area contributed by atoms with Crippen molar-refractivity contribution in [3.8, 4) is 0 Å². The van der Waals surface area contributed by atoms with Gasteiger partial charge in [0.2, 0.25) is 5.91 Å². The number of benzene rings is 1. The van der Waals surface area contributed by atoms with Crippen molar-refractivity contribution < 1.29 is 9.18 Å². The quantitative estimate of drug-likeness (QED) is 0.707. The molecule has 1 N–H and O–H groups in total. The van der Waals surface area contributed by atoms with E-state index in [0.29, 0.717) is 17.8 Å². The Balaban J connectivity index is 2.54. The highest BCUT2D eigenvalue weighted by molar-refractivity contribution is 5.98. The molecule has 0 bridgehead atoms. The van der Waals surface area contributed by atoms with Crippen LogP contribution in [0.1, 0.15) is 13.3 Å². The molecule has 0 radical (unpaired) electrons. The normalized spacial score (nSPS) is 20.6. The lowest BCUT2D eigenvalue weighted by Crippen LogP contribution is -2.27. The molecule has 1 aliphatic rings. The Morgan fingerprint density at radius 2 is 2.27 bits per heavy atom. The average Bonchev–Trinajstić information content (AvgIpc) is 2.29. The summed E-state index contributed by atoms with van der Waals surface area (Å²) < 4.78 is 13.5. The van der Waals surface area contributed by atoms with Gasteiger partial charge in [0.05, 0.1) is 11.4 Å². The molecule has 2 rings (SSSR count). The Labute approximate surface area is 87.9 Å². The van der Waals surface area contributed by atoms with Crippen LogP contribution in [0.4, 0.5) is 15.8 Å². The molecule has 1 amide bonds. The fourth-order valence-electron chi connectivity index (χ4n) is 1.77. The molecule has 4 heteroatoms. The summed E-state index contributed by atoms with van der Waals surface area (Å²) in [4.78, 5) is 13.2. The van der Waals surface area contributed by atoms with Crippen molar-refractivity contribution in [3.05, 3.63) is 24.0 Å². The molecule has 0 aromatic heterocycles. The second-order valence-electron chi connectivity index (χ2n) is 3.84. The van der Waals surface area contributed by atoms with Crippen molar-refractivity contribution in [1.82, 2.24) is 0 Å². The van der Waals surface area contributed by atoms with Crippen LogP contribution in [-0.2, 0) is 4.79 Å². The number of rotatable bonds is 0. The Hall–Kier alpha value is -1.58. The van der Waals surface area contributed by atoms with Crippen molar-refractivity contribution in [2.24, 2.45) is 0 Å². The first-order valence-corrected chi connectivity index (χ1v) is 4.91. The molecule has 0 saturated carbocycles. The van der Waals surface area contributed by atoms with E-state index < -0.39 is 0 Å². The summed E-state index contributed by atoms with van der Waals surface area (Å²) in [6, 6.07) is 4.69. The topological polar surface area (TPSA) is 32.3 Å². The maximum atomic E-state index is 13.5. The van der Waals surface area contributed by atoms with Gasteiger partial charge in [0.15, 0.2) is 0 Å². The Bertz CT molecular complexity index is 406. The van der Waals surface area contributed by atoms with Crippen molar-refractivity contribution in [2.75, 3.05) is 17.3 Å². The van der Waals surface area contributed by atoms with Gasteiger partial charge in [-0.25, -0.2) is 4.39 Å². The summed E-state index contributed by atoms with van der Waals surface area (Å²) in [6.07, 6.45) is 0.380. The Morgan fingerprint density at radius 1 is 1.53 bits per heavy atom. The monoisotopic (exact) mass is 208 g/mol. The summed E-state index contributed by atoms with van der Waals surface area (Å²) in [5.41, 5.74) is 1.02. The van der Waals surface area contributed by atoms with E-state index in [2.05, 4.69) is 5.32 Å². The van der Waals surface area contributed by atoms with Gasteiger partial charge in [-0.1, -0.05) is 6.07 Å². The van der Waals surface area contributed by atoms with Crippen molar-refractivity contribution in [1.29, 1.82) is 0 Å². The lowest BCUT2D eigenvalue weighted by molar-refractivity contribution is -0.118. The summed E-state index contributed by atoms with van der Waals surface area (Å²) in [5, 5.41) is 3.01. The Kier molecular flexibility index (Phi) is 2.34. The number of carbonyl (C=O) groups is 1. The SMILES string of the molecule is CC1CC(=O)N(C)c2cccc(F)c2N1. The molecule has 1 aromatic rings. The van der Waals surface area contributed by atoms with Gasteiger partial charge in [-0.3, -0.25) is 4.79 Å². The number of fused-ring (bicyclic) bond motifs is 1. The molecule has 0 fully saturated rings. The third-order valence-corrected chi connectivity index (χ3v) is 2.60. The predicted molar refractivity (Wildman–Crippen MR) is 57.5 cm³/mol.